The van der Waals surface area contributed by atoms with Gasteiger partial charge in [-0.25, -0.2) is 0 Å². The van der Waals surface area contributed by atoms with Crippen molar-refractivity contribution in [3.8, 4) is 0 Å². The van der Waals surface area contributed by atoms with Gasteiger partial charge in [0.25, 0.3) is 5.91 Å². The van der Waals surface area contributed by atoms with E-state index in [0.29, 0.717) is 21.8 Å². The number of para-hydroxylation sites is 1. The molecule has 2 aliphatic heterocycles. The second-order valence-electron chi connectivity index (χ2n) is 7.71. The van der Waals surface area contributed by atoms with Crippen molar-refractivity contribution in [1.82, 2.24) is 9.58 Å². The molecule has 1 aromatic heterocycles. The number of nitrogens with one attached hydrogen (secondary N) is 1. The molecule has 0 fully saturated rings. The molecule has 1 N–H and O–H groups in total. The van der Waals surface area contributed by atoms with Gasteiger partial charge in [0.1, 0.15) is 5.04 Å². The van der Waals surface area contributed by atoms with Crippen molar-refractivity contribution in [3.05, 3.63) is 74.9 Å². The number of carbonyl (C=O) groups excluding carboxylic acids is 1. The number of hydrogen-bond donors (Lipinski definition) is 1. The van der Waals surface area contributed by atoms with Gasteiger partial charge in [-0.1, -0.05) is 54.4 Å². The summed E-state index contributed by atoms with van der Waals surface area (Å²) in [6.07, 6.45) is 2.48. The molecule has 3 heterocycles. The summed E-state index contributed by atoms with van der Waals surface area (Å²) in [5.74, 6) is -0.388. The SMILES string of the molecule is CCC1=NN2C(=N)/C(=C/c3c(C)n(Cc4ccc(Cl)cc4Cl)c4ccccc34)C(=O)N=C2S1. The van der Waals surface area contributed by atoms with Crippen LogP contribution in [0.3, 0.4) is 0 Å². The molecule has 9 heteroatoms. The maximum Gasteiger partial charge on any atom is 0.283 e. The molecule has 0 bridgehead atoms. The Hall–Kier alpha value is -2.87. The molecule has 0 aliphatic carbocycles. The van der Waals surface area contributed by atoms with Gasteiger partial charge >= 0.3 is 0 Å². The first kappa shape index (κ1) is 21.9. The molecule has 0 unspecified atom stereocenters. The first-order valence-electron chi connectivity index (χ1n) is 10.4. The molecule has 0 radical (unpaired) electrons. The van der Waals surface area contributed by atoms with Crippen molar-refractivity contribution in [1.29, 1.82) is 5.41 Å². The third kappa shape index (κ3) is 3.80. The maximum absolute atomic E-state index is 12.8. The number of aliphatic imine (C=N–C) groups is 1. The molecule has 0 atom stereocenters. The van der Waals surface area contributed by atoms with E-state index in [2.05, 4.69) is 14.7 Å². The predicted molar refractivity (Wildman–Crippen MR) is 138 cm³/mol. The molecule has 6 nitrogen and oxygen atoms in total. The smallest absolute Gasteiger partial charge is 0.283 e. The Morgan fingerprint density at radius 1 is 1.18 bits per heavy atom. The lowest BCUT2D eigenvalue weighted by Gasteiger charge is -2.20. The molecule has 0 saturated heterocycles. The Labute approximate surface area is 205 Å². The molecule has 2 aliphatic rings. The van der Waals surface area contributed by atoms with E-state index in [1.165, 1.54) is 16.8 Å². The Bertz CT molecular complexity index is 1440. The zero-order valence-electron chi connectivity index (χ0n) is 17.9. The number of amidine groups is 2. The van der Waals surface area contributed by atoms with Gasteiger partial charge in [0.15, 0.2) is 5.84 Å². The summed E-state index contributed by atoms with van der Waals surface area (Å²) in [4.78, 5) is 17.0. The number of nitrogens with zero attached hydrogens (tertiary/aromatic N) is 4. The second kappa shape index (κ2) is 8.48. The van der Waals surface area contributed by atoms with E-state index in [1.54, 1.807) is 12.1 Å². The van der Waals surface area contributed by atoms with Crippen molar-refractivity contribution >= 4 is 73.9 Å². The van der Waals surface area contributed by atoms with Crippen molar-refractivity contribution in [3.63, 3.8) is 0 Å². The van der Waals surface area contributed by atoms with Gasteiger partial charge in [0.2, 0.25) is 5.17 Å². The van der Waals surface area contributed by atoms with Crippen LogP contribution in [0.2, 0.25) is 10.0 Å². The van der Waals surface area contributed by atoms with Crippen LogP contribution < -0.4 is 0 Å². The Balaban J connectivity index is 1.62. The fourth-order valence-corrected chi connectivity index (χ4v) is 5.28. The zero-order valence-corrected chi connectivity index (χ0v) is 20.2. The molecule has 0 saturated carbocycles. The highest BCUT2D eigenvalue weighted by atomic mass is 35.5. The third-order valence-electron chi connectivity index (χ3n) is 5.71. The minimum atomic E-state index is -0.428. The summed E-state index contributed by atoms with van der Waals surface area (Å²) in [5.41, 5.74) is 3.99. The number of thioether (sulfide) groups is 1. The largest absolute Gasteiger partial charge is 0.340 e. The lowest BCUT2D eigenvalue weighted by atomic mass is 10.1. The number of benzene rings is 2. The maximum atomic E-state index is 12.8. The normalized spacial score (nSPS) is 17.1. The summed E-state index contributed by atoms with van der Waals surface area (Å²) in [7, 11) is 0. The number of hydrazone groups is 1. The van der Waals surface area contributed by atoms with Crippen LogP contribution in [-0.2, 0) is 11.3 Å². The van der Waals surface area contributed by atoms with Crippen LogP contribution in [0.15, 0.2) is 58.1 Å². The van der Waals surface area contributed by atoms with Crippen LogP contribution >= 0.6 is 35.0 Å². The van der Waals surface area contributed by atoms with E-state index in [4.69, 9.17) is 28.6 Å². The van der Waals surface area contributed by atoms with Crippen LogP contribution in [0.4, 0.5) is 0 Å². The quantitative estimate of drug-likeness (QED) is 0.429. The number of halogens is 2. The molecule has 1 amide bonds. The van der Waals surface area contributed by atoms with E-state index in [0.717, 1.165) is 39.2 Å². The van der Waals surface area contributed by atoms with Crippen LogP contribution in [-0.4, -0.2) is 31.5 Å². The summed E-state index contributed by atoms with van der Waals surface area (Å²) in [5, 5.41) is 18.0. The molecule has 33 heavy (non-hydrogen) atoms. The van der Waals surface area contributed by atoms with E-state index in [1.807, 2.05) is 50.2 Å². The number of aromatic nitrogens is 1. The molecular formula is C24H19Cl2N5OS. The summed E-state index contributed by atoms with van der Waals surface area (Å²) < 4.78 is 2.15. The molecule has 166 valence electrons. The van der Waals surface area contributed by atoms with Gasteiger partial charge in [0.05, 0.1) is 5.57 Å². The van der Waals surface area contributed by atoms with Crippen molar-refractivity contribution in [2.24, 2.45) is 10.1 Å². The Morgan fingerprint density at radius 2 is 1.97 bits per heavy atom. The first-order chi connectivity index (χ1) is 15.9. The Kier molecular flexibility index (Phi) is 5.64. The molecular weight excluding hydrogens is 477 g/mol. The van der Waals surface area contributed by atoms with Gasteiger partial charge in [-0.15, -0.1) is 0 Å². The van der Waals surface area contributed by atoms with Crippen molar-refractivity contribution < 1.29 is 4.79 Å². The Morgan fingerprint density at radius 3 is 2.73 bits per heavy atom. The topological polar surface area (TPSA) is 73.8 Å². The summed E-state index contributed by atoms with van der Waals surface area (Å²) >= 11 is 13.8. The molecule has 0 spiro atoms. The third-order valence-corrected chi connectivity index (χ3v) is 7.35. The summed E-state index contributed by atoms with van der Waals surface area (Å²) in [6.45, 7) is 4.53. The fourth-order valence-electron chi connectivity index (χ4n) is 3.98. The van der Waals surface area contributed by atoms with E-state index < -0.39 is 5.91 Å². The summed E-state index contributed by atoms with van der Waals surface area (Å²) in [6, 6.07) is 13.5. The minimum absolute atomic E-state index is 0.0397. The fraction of sp³-hybridized carbons (Fsp3) is 0.167. The number of rotatable bonds is 4. The number of fused-ring (bicyclic) bond motifs is 2. The standard InChI is InChI=1S/C24H19Cl2N5OS/c1-3-21-29-31-22(27)18(23(32)28-24(31)33-21)11-17-13(2)30(20-7-5-4-6-16(17)20)12-14-8-9-15(25)10-19(14)26/h4-11,27H,3,12H2,1-2H3/b18-11-,27-22?. The highest BCUT2D eigenvalue weighted by Crippen LogP contribution is 2.33. The van der Waals surface area contributed by atoms with Gasteiger partial charge in [-0.3, -0.25) is 10.2 Å². The number of amides is 1. The average molecular weight is 496 g/mol. The lowest BCUT2D eigenvalue weighted by molar-refractivity contribution is -0.114. The second-order valence-corrected chi connectivity index (χ2v) is 9.59. The van der Waals surface area contributed by atoms with Crippen LogP contribution in [0.1, 0.15) is 30.2 Å². The number of carbonyl (C=O) groups is 1. The monoisotopic (exact) mass is 495 g/mol. The molecule has 3 aromatic rings. The highest BCUT2D eigenvalue weighted by Gasteiger charge is 2.35. The van der Waals surface area contributed by atoms with Crippen molar-refractivity contribution in [2.75, 3.05) is 0 Å². The number of hydrogen-bond acceptors (Lipinski definition) is 4. The van der Waals surface area contributed by atoms with Gasteiger partial charge in [-0.05, 0) is 54.9 Å². The van der Waals surface area contributed by atoms with Crippen molar-refractivity contribution in [2.45, 2.75) is 26.8 Å². The van der Waals surface area contributed by atoms with Crippen LogP contribution in [0, 0.1) is 12.3 Å². The van der Waals surface area contributed by atoms with Gasteiger partial charge in [-0.2, -0.15) is 15.1 Å². The highest BCUT2D eigenvalue weighted by molar-refractivity contribution is 8.26. The van der Waals surface area contributed by atoms with Gasteiger partial charge in [0, 0.05) is 38.8 Å². The zero-order chi connectivity index (χ0) is 23.3. The lowest BCUT2D eigenvalue weighted by Crippen LogP contribution is -2.35. The van der Waals surface area contributed by atoms with E-state index >= 15 is 0 Å². The average Bonchev–Trinajstić information content (AvgIpc) is 3.32. The predicted octanol–water partition coefficient (Wildman–Crippen LogP) is 6.33. The molecule has 2 aromatic carbocycles. The first-order valence-corrected chi connectivity index (χ1v) is 12.0. The minimum Gasteiger partial charge on any atom is -0.340 e. The molecule has 5 rings (SSSR count). The van der Waals surface area contributed by atoms with Crippen LogP contribution in [0.5, 0.6) is 0 Å². The van der Waals surface area contributed by atoms with Gasteiger partial charge < -0.3 is 4.57 Å². The van der Waals surface area contributed by atoms with E-state index in [-0.39, 0.29) is 11.4 Å². The van der Waals surface area contributed by atoms with E-state index in [9.17, 15) is 4.79 Å². The van der Waals surface area contributed by atoms with Crippen LogP contribution in [0.25, 0.3) is 17.0 Å².